The van der Waals surface area contributed by atoms with Crippen molar-refractivity contribution in [3.05, 3.63) is 29.2 Å². The molecule has 0 aliphatic carbocycles. The first-order valence-corrected chi connectivity index (χ1v) is 8.91. The van der Waals surface area contributed by atoms with Crippen LogP contribution in [0.3, 0.4) is 0 Å². The van der Waals surface area contributed by atoms with E-state index in [4.69, 9.17) is 0 Å². The standard InChI is InChI=1S/C12H16N4O2S2/c1-2-10-13-12(15-14-10)9-5-3-7-16(9)20(17,18)11-6-4-8-19-11/h4,6,8-9H,2-3,5,7H2,1H3,(H,13,14,15)/t9-/m0/s1. The number of nitrogens with one attached hydrogen (secondary N) is 1. The topological polar surface area (TPSA) is 79.0 Å². The third-order valence-corrected chi connectivity index (χ3v) is 6.72. The fraction of sp³-hybridized carbons (Fsp3) is 0.500. The number of aryl methyl sites for hydroxylation is 1. The van der Waals surface area contributed by atoms with Gasteiger partial charge in [-0.25, -0.2) is 13.4 Å². The second-order valence-electron chi connectivity index (χ2n) is 4.70. The highest BCUT2D eigenvalue weighted by molar-refractivity contribution is 7.91. The second-order valence-corrected chi connectivity index (χ2v) is 7.76. The minimum atomic E-state index is -3.43. The van der Waals surface area contributed by atoms with Crippen LogP contribution in [-0.4, -0.2) is 34.4 Å². The summed E-state index contributed by atoms with van der Waals surface area (Å²) in [5, 5.41) is 8.81. The lowest BCUT2D eigenvalue weighted by atomic mass is 10.2. The Kier molecular flexibility index (Phi) is 3.61. The summed E-state index contributed by atoms with van der Waals surface area (Å²) in [4.78, 5) is 4.39. The van der Waals surface area contributed by atoms with E-state index in [1.807, 2.05) is 6.92 Å². The predicted molar refractivity (Wildman–Crippen MR) is 75.9 cm³/mol. The maximum absolute atomic E-state index is 12.6. The molecule has 0 saturated carbocycles. The van der Waals surface area contributed by atoms with Gasteiger partial charge in [0.05, 0.1) is 6.04 Å². The lowest BCUT2D eigenvalue weighted by Crippen LogP contribution is -2.30. The van der Waals surface area contributed by atoms with E-state index in [9.17, 15) is 8.42 Å². The minimum Gasteiger partial charge on any atom is -0.263 e. The maximum Gasteiger partial charge on any atom is 0.253 e. The van der Waals surface area contributed by atoms with Crippen LogP contribution >= 0.6 is 11.3 Å². The van der Waals surface area contributed by atoms with Crippen LogP contribution in [-0.2, 0) is 16.4 Å². The Morgan fingerprint density at radius 2 is 2.40 bits per heavy atom. The van der Waals surface area contributed by atoms with Gasteiger partial charge in [0, 0.05) is 13.0 Å². The first-order valence-electron chi connectivity index (χ1n) is 6.59. The summed E-state index contributed by atoms with van der Waals surface area (Å²) in [6.07, 6.45) is 2.37. The van der Waals surface area contributed by atoms with Crippen LogP contribution < -0.4 is 0 Å². The minimum absolute atomic E-state index is 0.251. The molecule has 1 N–H and O–H groups in total. The van der Waals surface area contributed by atoms with Crippen molar-refractivity contribution in [2.24, 2.45) is 0 Å². The van der Waals surface area contributed by atoms with Gasteiger partial charge in [-0.15, -0.1) is 11.3 Å². The van der Waals surface area contributed by atoms with Crippen molar-refractivity contribution in [2.75, 3.05) is 6.54 Å². The molecule has 3 rings (SSSR count). The summed E-state index contributed by atoms with van der Waals surface area (Å²) in [6, 6.07) is 3.15. The van der Waals surface area contributed by atoms with E-state index < -0.39 is 10.0 Å². The van der Waals surface area contributed by atoms with E-state index in [0.717, 1.165) is 25.1 Å². The van der Waals surface area contributed by atoms with Crippen molar-refractivity contribution in [2.45, 2.75) is 36.4 Å². The molecular formula is C12H16N4O2S2. The van der Waals surface area contributed by atoms with Gasteiger partial charge in [-0.2, -0.15) is 9.40 Å². The number of thiophene rings is 1. The van der Waals surface area contributed by atoms with Gasteiger partial charge in [0.1, 0.15) is 10.0 Å². The number of aromatic nitrogens is 3. The molecule has 3 heterocycles. The van der Waals surface area contributed by atoms with Gasteiger partial charge in [0.25, 0.3) is 10.0 Å². The van der Waals surface area contributed by atoms with Crippen molar-refractivity contribution < 1.29 is 8.42 Å². The molecule has 1 saturated heterocycles. The second kappa shape index (κ2) is 5.27. The molecule has 0 aromatic carbocycles. The number of hydrogen-bond acceptors (Lipinski definition) is 5. The predicted octanol–water partition coefficient (Wildman–Crippen LogP) is 1.95. The largest absolute Gasteiger partial charge is 0.263 e. The van der Waals surface area contributed by atoms with Crippen LogP contribution in [0.2, 0.25) is 0 Å². The highest BCUT2D eigenvalue weighted by Crippen LogP contribution is 2.36. The molecule has 0 unspecified atom stereocenters. The van der Waals surface area contributed by atoms with E-state index in [-0.39, 0.29) is 6.04 Å². The Hall–Kier alpha value is -1.25. The monoisotopic (exact) mass is 312 g/mol. The van der Waals surface area contributed by atoms with Crippen LogP contribution in [0.1, 0.15) is 37.5 Å². The summed E-state index contributed by atoms with van der Waals surface area (Å²) in [7, 11) is -3.43. The molecule has 0 radical (unpaired) electrons. The van der Waals surface area contributed by atoms with Crippen LogP contribution in [0, 0.1) is 0 Å². The van der Waals surface area contributed by atoms with E-state index in [1.165, 1.54) is 15.6 Å². The first kappa shape index (κ1) is 13.7. The smallest absolute Gasteiger partial charge is 0.253 e. The third-order valence-electron chi connectivity index (χ3n) is 3.44. The zero-order valence-electron chi connectivity index (χ0n) is 11.1. The molecule has 8 heteroatoms. The van der Waals surface area contributed by atoms with Gasteiger partial charge < -0.3 is 0 Å². The summed E-state index contributed by atoms with van der Waals surface area (Å²) in [5.74, 6) is 1.37. The molecule has 1 fully saturated rings. The summed E-state index contributed by atoms with van der Waals surface area (Å²) >= 11 is 1.25. The zero-order chi connectivity index (χ0) is 14.2. The molecular weight excluding hydrogens is 296 g/mol. The van der Waals surface area contributed by atoms with Gasteiger partial charge in [-0.3, -0.25) is 5.10 Å². The van der Waals surface area contributed by atoms with Crippen molar-refractivity contribution in [3.63, 3.8) is 0 Å². The molecule has 6 nitrogen and oxygen atoms in total. The lowest BCUT2D eigenvalue weighted by Gasteiger charge is -2.20. The summed E-state index contributed by atoms with van der Waals surface area (Å²) in [5.41, 5.74) is 0. The van der Waals surface area contributed by atoms with E-state index >= 15 is 0 Å². The normalized spacial score (nSPS) is 20.6. The molecule has 2 aromatic heterocycles. The summed E-state index contributed by atoms with van der Waals surface area (Å²) in [6.45, 7) is 2.51. The summed E-state index contributed by atoms with van der Waals surface area (Å²) < 4.78 is 27.2. The Balaban J connectivity index is 1.93. The van der Waals surface area contributed by atoms with Gasteiger partial charge >= 0.3 is 0 Å². The van der Waals surface area contributed by atoms with Crippen molar-refractivity contribution in [1.29, 1.82) is 0 Å². The highest BCUT2D eigenvalue weighted by Gasteiger charge is 2.38. The van der Waals surface area contributed by atoms with Gasteiger partial charge in [-0.1, -0.05) is 13.0 Å². The quantitative estimate of drug-likeness (QED) is 0.936. The van der Waals surface area contributed by atoms with E-state index in [1.54, 1.807) is 17.5 Å². The fourth-order valence-electron chi connectivity index (χ4n) is 2.43. The van der Waals surface area contributed by atoms with Crippen LogP contribution in [0.15, 0.2) is 21.7 Å². The average Bonchev–Trinajstić information content (AvgIpc) is 3.18. The highest BCUT2D eigenvalue weighted by atomic mass is 32.2. The number of sulfonamides is 1. The molecule has 0 bridgehead atoms. The van der Waals surface area contributed by atoms with Crippen LogP contribution in [0.5, 0.6) is 0 Å². The Bertz CT molecular complexity index is 678. The van der Waals surface area contributed by atoms with Crippen molar-refractivity contribution in [3.8, 4) is 0 Å². The van der Waals surface area contributed by atoms with Gasteiger partial charge in [0.15, 0.2) is 5.82 Å². The van der Waals surface area contributed by atoms with Crippen molar-refractivity contribution in [1.82, 2.24) is 19.5 Å². The SMILES string of the molecule is CCc1nc([C@@H]2CCCN2S(=O)(=O)c2cccs2)n[nH]1. The van der Waals surface area contributed by atoms with E-state index in [2.05, 4.69) is 15.2 Å². The van der Waals surface area contributed by atoms with Crippen LogP contribution in [0.25, 0.3) is 0 Å². The molecule has 20 heavy (non-hydrogen) atoms. The van der Waals surface area contributed by atoms with Gasteiger partial charge in [0.2, 0.25) is 0 Å². The molecule has 2 aromatic rings. The Labute approximate surface area is 121 Å². The first-order chi connectivity index (χ1) is 9.63. The Morgan fingerprint density at radius 1 is 1.55 bits per heavy atom. The van der Waals surface area contributed by atoms with Crippen molar-refractivity contribution >= 4 is 21.4 Å². The lowest BCUT2D eigenvalue weighted by molar-refractivity contribution is 0.385. The third kappa shape index (κ3) is 2.27. The maximum atomic E-state index is 12.6. The molecule has 1 aliphatic heterocycles. The molecule has 108 valence electrons. The number of rotatable bonds is 4. The number of nitrogens with zero attached hydrogens (tertiary/aromatic N) is 3. The fourth-order valence-corrected chi connectivity index (χ4v) is 5.20. The zero-order valence-corrected chi connectivity index (χ0v) is 12.7. The van der Waals surface area contributed by atoms with E-state index in [0.29, 0.717) is 16.6 Å². The molecule has 0 amide bonds. The molecule has 1 aliphatic rings. The number of aromatic amines is 1. The van der Waals surface area contributed by atoms with Crippen LogP contribution in [0.4, 0.5) is 0 Å². The Morgan fingerprint density at radius 3 is 3.05 bits per heavy atom. The molecule has 0 spiro atoms. The molecule has 1 atom stereocenters. The number of hydrogen-bond donors (Lipinski definition) is 1. The number of H-pyrrole nitrogens is 1. The van der Waals surface area contributed by atoms with Gasteiger partial charge in [-0.05, 0) is 24.3 Å². The average molecular weight is 312 g/mol.